The molecule has 13 heavy (non-hydrogen) atoms. The van der Waals surface area contributed by atoms with E-state index >= 15 is 0 Å². The van der Waals surface area contributed by atoms with Gasteiger partial charge in [0.1, 0.15) is 5.92 Å². The van der Waals surface area contributed by atoms with Gasteiger partial charge in [0, 0.05) is 0 Å². The lowest BCUT2D eigenvalue weighted by atomic mass is 10.0. The van der Waals surface area contributed by atoms with Gasteiger partial charge in [0.05, 0.1) is 6.42 Å². The van der Waals surface area contributed by atoms with Gasteiger partial charge < -0.3 is 15.3 Å². The Kier molecular flexibility index (Phi) is 3.57. The molecule has 0 unspecified atom stereocenters. The standard InChI is InChI=1S/C6H6O7/c7-3(8)1-2(5(10)11)4(9)6(12)13/h2H,1H2,(H,7,8)(H,10,11)(H,12,13)/t2-/m0/s1. The first kappa shape index (κ1) is 11.1. The molecule has 7 heteroatoms. The number of carboxylic acid groups (broad SMARTS) is 3. The summed E-state index contributed by atoms with van der Waals surface area (Å²) in [5.74, 6) is -8.89. The molecule has 1 atom stereocenters. The van der Waals surface area contributed by atoms with E-state index < -0.39 is 36.0 Å². The summed E-state index contributed by atoms with van der Waals surface area (Å²) in [7, 11) is 0. The second kappa shape index (κ2) is 4.19. The Morgan fingerprint density at radius 2 is 1.46 bits per heavy atom. The zero-order valence-electron chi connectivity index (χ0n) is 6.26. The molecule has 0 saturated heterocycles. The molecule has 0 aromatic heterocycles. The van der Waals surface area contributed by atoms with E-state index in [1.54, 1.807) is 0 Å². The molecular formula is C6H6O7. The fourth-order valence-electron chi connectivity index (χ4n) is 0.616. The lowest BCUT2D eigenvalue weighted by Crippen LogP contribution is -2.31. The number of Topliss-reactive ketones (excluding diaryl/α,β-unsaturated/α-hetero) is 1. The Balaban J connectivity index is 4.61. The van der Waals surface area contributed by atoms with Crippen LogP contribution in [0.15, 0.2) is 0 Å². The van der Waals surface area contributed by atoms with Crippen LogP contribution in [-0.4, -0.2) is 39.0 Å². The molecular weight excluding hydrogens is 184 g/mol. The minimum atomic E-state index is -2.02. The lowest BCUT2D eigenvalue weighted by Gasteiger charge is -2.03. The minimum absolute atomic E-state index is 1.03. The van der Waals surface area contributed by atoms with Crippen molar-refractivity contribution in [1.29, 1.82) is 0 Å². The highest BCUT2D eigenvalue weighted by atomic mass is 16.4. The average Bonchev–Trinajstić information content (AvgIpc) is 1.97. The summed E-state index contributed by atoms with van der Waals surface area (Å²) in [6.45, 7) is 0. The van der Waals surface area contributed by atoms with Crippen LogP contribution in [0.5, 0.6) is 0 Å². The second-order valence-electron chi connectivity index (χ2n) is 2.16. The third-order valence-electron chi connectivity index (χ3n) is 1.20. The number of aliphatic carboxylic acids is 3. The molecule has 0 aromatic carbocycles. The number of hydrogen-bond acceptors (Lipinski definition) is 4. The fourth-order valence-corrected chi connectivity index (χ4v) is 0.616. The van der Waals surface area contributed by atoms with Crippen molar-refractivity contribution < 1.29 is 34.5 Å². The summed E-state index contributed by atoms with van der Waals surface area (Å²) in [4.78, 5) is 40.9. The predicted molar refractivity (Wildman–Crippen MR) is 36.0 cm³/mol. The van der Waals surface area contributed by atoms with Gasteiger partial charge in [-0.25, -0.2) is 4.79 Å². The second-order valence-corrected chi connectivity index (χ2v) is 2.16. The number of ketones is 1. The molecule has 7 nitrogen and oxygen atoms in total. The molecule has 72 valence electrons. The first-order chi connectivity index (χ1) is 5.86. The van der Waals surface area contributed by atoms with Gasteiger partial charge >= 0.3 is 17.9 Å². The van der Waals surface area contributed by atoms with E-state index in [1.807, 2.05) is 0 Å². The highest BCUT2D eigenvalue weighted by Gasteiger charge is 2.33. The molecule has 0 aliphatic heterocycles. The van der Waals surface area contributed by atoms with Gasteiger partial charge in [-0.05, 0) is 0 Å². The van der Waals surface area contributed by atoms with Crippen molar-refractivity contribution in [2.45, 2.75) is 6.42 Å². The maximum Gasteiger partial charge on any atom is 0.373 e. The van der Waals surface area contributed by atoms with Crippen molar-refractivity contribution in [3.05, 3.63) is 0 Å². The van der Waals surface area contributed by atoms with Crippen LogP contribution < -0.4 is 0 Å². The van der Waals surface area contributed by atoms with Gasteiger partial charge in [0.15, 0.2) is 0 Å². The van der Waals surface area contributed by atoms with E-state index in [-0.39, 0.29) is 0 Å². The Hall–Kier alpha value is -1.92. The first-order valence-electron chi connectivity index (χ1n) is 3.08. The van der Waals surface area contributed by atoms with E-state index in [2.05, 4.69) is 0 Å². The zero-order valence-corrected chi connectivity index (χ0v) is 6.26. The summed E-state index contributed by atoms with van der Waals surface area (Å²) >= 11 is 0. The van der Waals surface area contributed by atoms with Gasteiger partial charge in [-0.15, -0.1) is 0 Å². The zero-order chi connectivity index (χ0) is 10.6. The van der Waals surface area contributed by atoms with Crippen molar-refractivity contribution in [1.82, 2.24) is 0 Å². The molecule has 0 saturated carbocycles. The Morgan fingerprint density at radius 3 is 1.69 bits per heavy atom. The SMILES string of the molecule is O=C(O)C[C@H](C(=O)O)C(=O)C(=O)O. The topological polar surface area (TPSA) is 129 Å². The molecule has 0 aliphatic rings. The van der Waals surface area contributed by atoms with Gasteiger partial charge in [0.25, 0.3) is 5.78 Å². The quantitative estimate of drug-likeness (QED) is 0.367. The summed E-state index contributed by atoms with van der Waals surface area (Å²) in [5.41, 5.74) is 0. The van der Waals surface area contributed by atoms with Crippen LogP contribution in [0.1, 0.15) is 6.42 Å². The Labute approximate surface area is 71.6 Å². The molecule has 0 rings (SSSR count). The van der Waals surface area contributed by atoms with Crippen LogP contribution >= 0.6 is 0 Å². The number of carbonyl (C=O) groups excluding carboxylic acids is 1. The minimum Gasteiger partial charge on any atom is -0.481 e. The fraction of sp³-hybridized carbons (Fsp3) is 0.333. The summed E-state index contributed by atoms with van der Waals surface area (Å²) < 4.78 is 0. The highest BCUT2D eigenvalue weighted by molar-refractivity contribution is 6.37. The maximum absolute atomic E-state index is 10.6. The van der Waals surface area contributed by atoms with E-state index in [1.165, 1.54) is 0 Å². The van der Waals surface area contributed by atoms with Crippen LogP contribution in [0.25, 0.3) is 0 Å². The third-order valence-corrected chi connectivity index (χ3v) is 1.20. The van der Waals surface area contributed by atoms with Crippen LogP contribution in [0, 0.1) is 5.92 Å². The molecule has 0 amide bonds. The normalized spacial score (nSPS) is 11.7. The molecule has 0 heterocycles. The van der Waals surface area contributed by atoms with E-state index in [0.29, 0.717) is 0 Å². The number of rotatable bonds is 5. The van der Waals surface area contributed by atoms with Crippen molar-refractivity contribution in [2.24, 2.45) is 5.92 Å². The van der Waals surface area contributed by atoms with Crippen LogP contribution in [0.4, 0.5) is 0 Å². The summed E-state index contributed by atoms with van der Waals surface area (Å²) in [5, 5.41) is 24.6. The van der Waals surface area contributed by atoms with Crippen molar-refractivity contribution in [3.63, 3.8) is 0 Å². The van der Waals surface area contributed by atoms with Crippen LogP contribution in [-0.2, 0) is 19.2 Å². The monoisotopic (exact) mass is 190 g/mol. The molecule has 0 fully saturated rings. The van der Waals surface area contributed by atoms with Gasteiger partial charge in [-0.2, -0.15) is 0 Å². The van der Waals surface area contributed by atoms with E-state index in [9.17, 15) is 19.2 Å². The Morgan fingerprint density at radius 1 is 1.00 bits per heavy atom. The molecule has 0 aliphatic carbocycles. The van der Waals surface area contributed by atoms with Gasteiger partial charge in [-0.1, -0.05) is 0 Å². The molecule has 0 radical (unpaired) electrons. The number of hydrogen-bond donors (Lipinski definition) is 3. The largest absolute Gasteiger partial charge is 0.481 e. The van der Waals surface area contributed by atoms with Crippen LogP contribution in [0.3, 0.4) is 0 Å². The van der Waals surface area contributed by atoms with E-state index in [4.69, 9.17) is 15.3 Å². The molecule has 0 spiro atoms. The van der Waals surface area contributed by atoms with E-state index in [0.717, 1.165) is 0 Å². The third kappa shape index (κ3) is 3.32. The molecule has 3 N–H and O–H groups in total. The Bertz CT molecular complexity index is 266. The number of carbonyl (C=O) groups is 4. The summed E-state index contributed by atoms with van der Waals surface area (Å²) in [6.07, 6.45) is -1.03. The predicted octanol–water partition coefficient (Wildman–Crippen LogP) is -1.18. The lowest BCUT2D eigenvalue weighted by molar-refractivity contribution is -0.159. The van der Waals surface area contributed by atoms with Crippen molar-refractivity contribution >= 4 is 23.7 Å². The smallest absolute Gasteiger partial charge is 0.373 e. The van der Waals surface area contributed by atoms with Gasteiger partial charge in [-0.3, -0.25) is 14.4 Å². The first-order valence-corrected chi connectivity index (χ1v) is 3.08. The number of carboxylic acids is 3. The molecule has 0 bridgehead atoms. The highest BCUT2D eigenvalue weighted by Crippen LogP contribution is 2.05. The van der Waals surface area contributed by atoms with Crippen molar-refractivity contribution in [3.8, 4) is 0 Å². The van der Waals surface area contributed by atoms with Crippen molar-refractivity contribution in [2.75, 3.05) is 0 Å². The molecule has 0 aromatic rings. The van der Waals surface area contributed by atoms with Gasteiger partial charge in [0.2, 0.25) is 0 Å². The average molecular weight is 190 g/mol. The summed E-state index contributed by atoms with van der Waals surface area (Å²) in [6, 6.07) is 0. The maximum atomic E-state index is 10.6. The van der Waals surface area contributed by atoms with Crippen LogP contribution in [0.2, 0.25) is 0 Å².